The molecule has 0 atom stereocenters. The molecule has 1 amide bonds. The maximum absolute atomic E-state index is 12.3. The summed E-state index contributed by atoms with van der Waals surface area (Å²) < 4.78 is 5.10. The molecule has 0 bridgehead atoms. The van der Waals surface area contributed by atoms with Gasteiger partial charge in [-0.3, -0.25) is 9.78 Å². The second-order valence-corrected chi connectivity index (χ2v) is 7.25. The number of pyridine rings is 1. The lowest BCUT2D eigenvalue weighted by molar-refractivity contribution is -0.128. The van der Waals surface area contributed by atoms with Crippen LogP contribution in [-0.4, -0.2) is 67.1 Å². The molecule has 0 aromatic carbocycles. The first kappa shape index (κ1) is 17.4. The smallest absolute Gasteiger partial charge is 0.223 e. The lowest BCUT2D eigenvalue weighted by Gasteiger charge is -2.38. The fourth-order valence-corrected chi connectivity index (χ4v) is 3.99. The van der Waals surface area contributed by atoms with Gasteiger partial charge in [0.2, 0.25) is 5.91 Å². The Morgan fingerprint density at radius 1 is 1.25 bits per heavy atom. The molecule has 0 radical (unpaired) electrons. The van der Waals surface area contributed by atoms with E-state index < -0.39 is 0 Å². The molecule has 0 N–H and O–H groups in total. The number of aromatic nitrogens is 1. The second-order valence-electron chi connectivity index (χ2n) is 7.25. The van der Waals surface area contributed by atoms with E-state index >= 15 is 0 Å². The number of carbonyl (C=O) groups excluding carboxylic acids is 1. The maximum atomic E-state index is 12.3. The van der Waals surface area contributed by atoms with Crippen LogP contribution in [0.5, 0.6) is 0 Å². The molecule has 5 nitrogen and oxygen atoms in total. The number of rotatable bonds is 7. The van der Waals surface area contributed by atoms with Crippen LogP contribution >= 0.6 is 0 Å². The number of hydrogen-bond acceptors (Lipinski definition) is 4. The van der Waals surface area contributed by atoms with Crippen LogP contribution in [0.2, 0.25) is 0 Å². The molecule has 2 aliphatic rings. The van der Waals surface area contributed by atoms with Crippen LogP contribution in [0, 0.1) is 5.41 Å². The summed E-state index contributed by atoms with van der Waals surface area (Å²) >= 11 is 0. The van der Waals surface area contributed by atoms with E-state index in [2.05, 4.69) is 26.9 Å². The standard InChI is InChI=1S/C19H29N3O2/c1-24-14-4-10-22-16-19(15-18(22)23)7-12-21(13-8-19)11-6-17-5-2-3-9-20-17/h2-3,5,9H,4,6-8,10-16H2,1H3. The summed E-state index contributed by atoms with van der Waals surface area (Å²) in [5.41, 5.74) is 1.39. The third kappa shape index (κ3) is 4.33. The Hall–Kier alpha value is -1.46. The van der Waals surface area contributed by atoms with Crippen molar-refractivity contribution in [3.63, 3.8) is 0 Å². The normalized spacial score (nSPS) is 20.9. The van der Waals surface area contributed by atoms with E-state index in [1.54, 1.807) is 7.11 Å². The molecule has 2 aliphatic heterocycles. The monoisotopic (exact) mass is 331 g/mol. The highest BCUT2D eigenvalue weighted by molar-refractivity contribution is 5.79. The molecule has 5 heteroatoms. The van der Waals surface area contributed by atoms with E-state index in [1.807, 2.05) is 12.3 Å². The Bertz CT molecular complexity index is 527. The van der Waals surface area contributed by atoms with Crippen molar-refractivity contribution in [2.75, 3.05) is 46.4 Å². The quantitative estimate of drug-likeness (QED) is 0.717. The minimum atomic E-state index is 0.228. The molecule has 24 heavy (non-hydrogen) atoms. The van der Waals surface area contributed by atoms with Crippen molar-refractivity contribution in [2.24, 2.45) is 5.41 Å². The third-order valence-corrected chi connectivity index (χ3v) is 5.51. The first-order chi connectivity index (χ1) is 11.7. The highest BCUT2D eigenvalue weighted by Crippen LogP contribution is 2.40. The number of piperidine rings is 1. The van der Waals surface area contributed by atoms with Crippen molar-refractivity contribution in [1.82, 2.24) is 14.8 Å². The van der Waals surface area contributed by atoms with Crippen LogP contribution in [0.25, 0.3) is 0 Å². The van der Waals surface area contributed by atoms with Crippen molar-refractivity contribution >= 4 is 5.91 Å². The van der Waals surface area contributed by atoms with Gasteiger partial charge >= 0.3 is 0 Å². The predicted molar refractivity (Wildman–Crippen MR) is 93.7 cm³/mol. The minimum Gasteiger partial charge on any atom is -0.385 e. The van der Waals surface area contributed by atoms with Crippen molar-refractivity contribution in [1.29, 1.82) is 0 Å². The largest absolute Gasteiger partial charge is 0.385 e. The summed E-state index contributed by atoms with van der Waals surface area (Å²) in [7, 11) is 1.72. The van der Waals surface area contributed by atoms with Gasteiger partial charge in [-0.05, 0) is 49.9 Å². The van der Waals surface area contributed by atoms with Crippen LogP contribution in [-0.2, 0) is 16.0 Å². The molecule has 1 spiro atoms. The maximum Gasteiger partial charge on any atom is 0.223 e. The van der Waals surface area contributed by atoms with E-state index in [0.717, 1.165) is 77.1 Å². The molecule has 132 valence electrons. The fraction of sp³-hybridized carbons (Fsp3) is 0.684. The average Bonchev–Trinajstić information content (AvgIpc) is 2.91. The first-order valence-electron chi connectivity index (χ1n) is 9.10. The van der Waals surface area contributed by atoms with Crippen LogP contribution in [0.15, 0.2) is 24.4 Å². The molecule has 3 heterocycles. The van der Waals surface area contributed by atoms with Gasteiger partial charge in [0.25, 0.3) is 0 Å². The van der Waals surface area contributed by atoms with E-state index in [9.17, 15) is 4.79 Å². The van der Waals surface area contributed by atoms with Gasteiger partial charge < -0.3 is 14.5 Å². The highest BCUT2D eigenvalue weighted by Gasteiger charge is 2.44. The van der Waals surface area contributed by atoms with Gasteiger partial charge in [-0.2, -0.15) is 0 Å². The number of hydrogen-bond donors (Lipinski definition) is 0. The zero-order chi connectivity index (χ0) is 16.8. The molecule has 2 saturated heterocycles. The lowest BCUT2D eigenvalue weighted by atomic mass is 9.77. The van der Waals surface area contributed by atoms with Crippen LogP contribution < -0.4 is 0 Å². The number of ether oxygens (including phenoxy) is 1. The van der Waals surface area contributed by atoms with E-state index in [0.29, 0.717) is 5.91 Å². The number of likely N-dealkylation sites (tertiary alicyclic amines) is 2. The number of methoxy groups -OCH3 is 1. The Morgan fingerprint density at radius 3 is 2.79 bits per heavy atom. The number of amides is 1. The summed E-state index contributed by atoms with van der Waals surface area (Å²) in [6.45, 7) is 5.80. The Labute approximate surface area is 145 Å². The lowest BCUT2D eigenvalue weighted by Crippen LogP contribution is -2.42. The van der Waals surface area contributed by atoms with Gasteiger partial charge in [-0.25, -0.2) is 0 Å². The van der Waals surface area contributed by atoms with Crippen LogP contribution in [0.3, 0.4) is 0 Å². The van der Waals surface area contributed by atoms with Gasteiger partial charge in [0.15, 0.2) is 0 Å². The Balaban J connectivity index is 1.44. The van der Waals surface area contributed by atoms with E-state index in [4.69, 9.17) is 4.74 Å². The minimum absolute atomic E-state index is 0.228. The molecular formula is C19H29N3O2. The zero-order valence-electron chi connectivity index (χ0n) is 14.7. The topological polar surface area (TPSA) is 45.7 Å². The van der Waals surface area contributed by atoms with Gasteiger partial charge in [0, 0.05) is 58.1 Å². The number of carbonyl (C=O) groups is 1. The summed E-state index contributed by atoms with van der Waals surface area (Å²) in [6.07, 6.45) is 6.84. The SMILES string of the molecule is COCCCN1CC2(CCN(CCc3ccccn3)CC2)CC1=O. The highest BCUT2D eigenvalue weighted by atomic mass is 16.5. The first-order valence-corrected chi connectivity index (χ1v) is 9.10. The average molecular weight is 331 g/mol. The molecule has 0 saturated carbocycles. The van der Waals surface area contributed by atoms with Gasteiger partial charge in [-0.1, -0.05) is 6.07 Å². The van der Waals surface area contributed by atoms with E-state index in [1.165, 1.54) is 0 Å². The Kier molecular flexibility index (Phi) is 5.85. The van der Waals surface area contributed by atoms with Crippen molar-refractivity contribution < 1.29 is 9.53 Å². The summed E-state index contributed by atoms with van der Waals surface area (Å²) in [6, 6.07) is 6.11. The predicted octanol–water partition coefficient (Wildman–Crippen LogP) is 1.98. The molecule has 0 unspecified atom stereocenters. The molecule has 2 fully saturated rings. The van der Waals surface area contributed by atoms with Crippen molar-refractivity contribution in [3.05, 3.63) is 30.1 Å². The van der Waals surface area contributed by atoms with Crippen LogP contribution in [0.4, 0.5) is 0 Å². The van der Waals surface area contributed by atoms with Crippen molar-refractivity contribution in [3.8, 4) is 0 Å². The summed E-state index contributed by atoms with van der Waals surface area (Å²) in [5, 5.41) is 0. The molecular weight excluding hydrogens is 302 g/mol. The van der Waals surface area contributed by atoms with E-state index in [-0.39, 0.29) is 5.41 Å². The number of nitrogens with zero attached hydrogens (tertiary/aromatic N) is 3. The van der Waals surface area contributed by atoms with Crippen molar-refractivity contribution in [2.45, 2.75) is 32.1 Å². The van der Waals surface area contributed by atoms with Gasteiger partial charge in [-0.15, -0.1) is 0 Å². The van der Waals surface area contributed by atoms with Crippen LogP contribution in [0.1, 0.15) is 31.4 Å². The molecule has 1 aromatic heterocycles. The van der Waals surface area contributed by atoms with Gasteiger partial charge in [0.05, 0.1) is 0 Å². The zero-order valence-corrected chi connectivity index (χ0v) is 14.7. The summed E-state index contributed by atoms with van der Waals surface area (Å²) in [4.78, 5) is 21.3. The molecule has 1 aromatic rings. The second kappa shape index (κ2) is 8.08. The molecule has 3 rings (SSSR count). The van der Waals surface area contributed by atoms with Gasteiger partial charge in [0.1, 0.15) is 0 Å². The molecule has 0 aliphatic carbocycles. The summed E-state index contributed by atoms with van der Waals surface area (Å²) in [5.74, 6) is 0.341. The Morgan fingerprint density at radius 2 is 2.08 bits per heavy atom. The third-order valence-electron chi connectivity index (χ3n) is 5.51. The fourth-order valence-electron chi connectivity index (χ4n) is 3.99.